The van der Waals surface area contributed by atoms with Crippen LogP contribution in [-0.2, 0) is 31.2 Å². The van der Waals surface area contributed by atoms with E-state index in [1.807, 2.05) is 0 Å². The highest BCUT2D eigenvalue weighted by Crippen LogP contribution is 2.29. The van der Waals surface area contributed by atoms with Gasteiger partial charge in [0.05, 0.1) is 35.3 Å². The number of hydrogen-bond acceptors (Lipinski definition) is 6. The Morgan fingerprint density at radius 1 is 0.966 bits per heavy atom. The number of morpholine rings is 1. The van der Waals surface area contributed by atoms with Crippen molar-refractivity contribution in [3.8, 4) is 5.75 Å². The molecule has 156 valence electrons. The van der Waals surface area contributed by atoms with Crippen LogP contribution < -0.4 is 9.46 Å². The molecule has 1 fully saturated rings. The van der Waals surface area contributed by atoms with E-state index < -0.39 is 20.0 Å². The van der Waals surface area contributed by atoms with Gasteiger partial charge in [0.25, 0.3) is 10.0 Å². The molecule has 0 spiro atoms. The van der Waals surface area contributed by atoms with Gasteiger partial charge < -0.3 is 9.47 Å². The summed E-state index contributed by atoms with van der Waals surface area (Å²) in [6.07, 6.45) is 0.658. The highest BCUT2D eigenvalue weighted by atomic mass is 32.2. The predicted molar refractivity (Wildman–Crippen MR) is 107 cm³/mol. The number of ether oxygens (including phenoxy) is 2. The Morgan fingerprint density at radius 2 is 1.72 bits per heavy atom. The van der Waals surface area contributed by atoms with E-state index in [0.717, 1.165) is 5.56 Å². The molecular weight excluding hydrogens is 416 g/mol. The first kappa shape index (κ1) is 20.1. The van der Waals surface area contributed by atoms with E-state index in [1.165, 1.54) is 16.4 Å². The van der Waals surface area contributed by atoms with Crippen LogP contribution in [0, 0.1) is 6.92 Å². The van der Waals surface area contributed by atoms with Gasteiger partial charge in [-0.1, -0.05) is 6.07 Å². The third kappa shape index (κ3) is 3.97. The van der Waals surface area contributed by atoms with Gasteiger partial charge in [-0.25, -0.2) is 16.8 Å². The van der Waals surface area contributed by atoms with Gasteiger partial charge in [0.15, 0.2) is 0 Å². The van der Waals surface area contributed by atoms with Crippen molar-refractivity contribution in [2.45, 2.75) is 23.1 Å². The van der Waals surface area contributed by atoms with Gasteiger partial charge in [-0.05, 0) is 48.4 Å². The lowest BCUT2D eigenvalue weighted by Gasteiger charge is -2.26. The van der Waals surface area contributed by atoms with Gasteiger partial charge in [-0.3, -0.25) is 4.72 Å². The number of rotatable bonds is 5. The van der Waals surface area contributed by atoms with Crippen molar-refractivity contribution in [3.63, 3.8) is 0 Å². The first-order valence-electron chi connectivity index (χ1n) is 9.24. The van der Waals surface area contributed by atoms with Crippen molar-refractivity contribution in [1.29, 1.82) is 0 Å². The zero-order valence-electron chi connectivity index (χ0n) is 15.9. The van der Waals surface area contributed by atoms with Crippen molar-refractivity contribution < 1.29 is 26.3 Å². The lowest BCUT2D eigenvalue weighted by Crippen LogP contribution is -2.40. The molecule has 0 aliphatic carbocycles. The largest absolute Gasteiger partial charge is 0.493 e. The second kappa shape index (κ2) is 7.60. The molecule has 2 aromatic carbocycles. The first-order chi connectivity index (χ1) is 13.8. The molecule has 0 saturated carbocycles. The van der Waals surface area contributed by atoms with Crippen LogP contribution in [0.3, 0.4) is 0 Å². The average Bonchev–Trinajstić information content (AvgIpc) is 3.18. The van der Waals surface area contributed by atoms with E-state index in [4.69, 9.17) is 9.47 Å². The number of benzene rings is 2. The molecule has 2 heterocycles. The Morgan fingerprint density at radius 3 is 2.48 bits per heavy atom. The summed E-state index contributed by atoms with van der Waals surface area (Å²) in [5.74, 6) is 0.693. The third-order valence-corrected chi connectivity index (χ3v) is 8.42. The lowest BCUT2D eigenvalue weighted by molar-refractivity contribution is 0.0730. The molecule has 2 aliphatic heterocycles. The van der Waals surface area contributed by atoms with Crippen LogP contribution in [0.5, 0.6) is 5.75 Å². The van der Waals surface area contributed by atoms with E-state index >= 15 is 0 Å². The Kier molecular flexibility index (Phi) is 5.28. The number of nitrogens with zero attached hydrogens (tertiary/aromatic N) is 1. The minimum absolute atomic E-state index is 0.0851. The summed E-state index contributed by atoms with van der Waals surface area (Å²) in [6.45, 7) is 3.45. The molecule has 0 aromatic heterocycles. The molecule has 29 heavy (non-hydrogen) atoms. The molecule has 0 atom stereocenters. The van der Waals surface area contributed by atoms with Crippen molar-refractivity contribution in [2.75, 3.05) is 37.6 Å². The second-order valence-corrected chi connectivity index (χ2v) is 10.6. The van der Waals surface area contributed by atoms with E-state index in [-0.39, 0.29) is 28.6 Å². The minimum atomic E-state index is -3.87. The highest BCUT2D eigenvalue weighted by Gasteiger charge is 2.28. The topological polar surface area (TPSA) is 102 Å². The Hall–Kier alpha value is -2.14. The molecule has 1 saturated heterocycles. The molecule has 0 bridgehead atoms. The molecule has 8 nitrogen and oxygen atoms in total. The second-order valence-electron chi connectivity index (χ2n) is 6.97. The number of nitrogens with one attached hydrogen (secondary N) is 1. The Labute approximate surface area is 170 Å². The zero-order valence-corrected chi connectivity index (χ0v) is 17.6. The van der Waals surface area contributed by atoms with Crippen molar-refractivity contribution in [3.05, 3.63) is 47.5 Å². The van der Waals surface area contributed by atoms with Crippen molar-refractivity contribution >= 4 is 25.7 Å². The maximum atomic E-state index is 13.0. The van der Waals surface area contributed by atoms with Gasteiger partial charge in [0, 0.05) is 19.5 Å². The van der Waals surface area contributed by atoms with Gasteiger partial charge in [0.1, 0.15) is 5.75 Å². The average molecular weight is 439 g/mol. The van der Waals surface area contributed by atoms with Gasteiger partial charge in [0.2, 0.25) is 10.0 Å². The highest BCUT2D eigenvalue weighted by molar-refractivity contribution is 7.92. The van der Waals surface area contributed by atoms with Crippen molar-refractivity contribution in [2.24, 2.45) is 0 Å². The number of aryl methyl sites for hydroxylation is 1. The maximum Gasteiger partial charge on any atom is 0.261 e. The van der Waals surface area contributed by atoms with Crippen LogP contribution >= 0.6 is 0 Å². The van der Waals surface area contributed by atoms with Gasteiger partial charge in [-0.2, -0.15) is 4.31 Å². The van der Waals surface area contributed by atoms with Crippen LogP contribution in [0.4, 0.5) is 5.69 Å². The Bertz CT molecular complexity index is 1140. The molecule has 1 N–H and O–H groups in total. The summed E-state index contributed by atoms with van der Waals surface area (Å²) in [7, 11) is -7.61. The summed E-state index contributed by atoms with van der Waals surface area (Å²) >= 11 is 0. The van der Waals surface area contributed by atoms with Crippen molar-refractivity contribution in [1.82, 2.24) is 4.31 Å². The zero-order chi connectivity index (χ0) is 20.6. The van der Waals surface area contributed by atoms with Gasteiger partial charge in [-0.15, -0.1) is 0 Å². The van der Waals surface area contributed by atoms with E-state index in [0.29, 0.717) is 37.6 Å². The SMILES string of the molecule is Cc1ccc(NS(=O)(=O)c2ccc3c(c2)CCO3)cc1S(=O)(=O)N1CCOCC1. The number of sulfonamides is 2. The summed E-state index contributed by atoms with van der Waals surface area (Å²) in [6, 6.07) is 9.23. The molecule has 0 amide bonds. The number of anilines is 1. The molecule has 2 aromatic rings. The molecule has 0 unspecified atom stereocenters. The van der Waals surface area contributed by atoms with Crippen LogP contribution in [0.25, 0.3) is 0 Å². The fraction of sp³-hybridized carbons (Fsp3) is 0.368. The monoisotopic (exact) mass is 438 g/mol. The maximum absolute atomic E-state index is 13.0. The summed E-state index contributed by atoms with van der Waals surface area (Å²) < 4.78 is 66.1. The molecular formula is C19H22N2O6S2. The fourth-order valence-electron chi connectivity index (χ4n) is 3.41. The van der Waals surface area contributed by atoms with E-state index in [2.05, 4.69) is 4.72 Å². The summed E-state index contributed by atoms with van der Waals surface area (Å²) in [5, 5.41) is 0. The predicted octanol–water partition coefficient (Wildman–Crippen LogP) is 1.75. The molecule has 0 radical (unpaired) electrons. The molecule has 2 aliphatic rings. The summed E-state index contributed by atoms with van der Waals surface area (Å²) in [4.78, 5) is 0.196. The van der Waals surface area contributed by atoms with Crippen LogP contribution in [0.1, 0.15) is 11.1 Å². The van der Waals surface area contributed by atoms with E-state index in [1.54, 1.807) is 31.2 Å². The quantitative estimate of drug-likeness (QED) is 0.763. The lowest BCUT2D eigenvalue weighted by atomic mass is 10.2. The molecule has 4 rings (SSSR count). The normalized spacial score (nSPS) is 17.6. The van der Waals surface area contributed by atoms with Crippen LogP contribution in [0.2, 0.25) is 0 Å². The summed E-state index contributed by atoms with van der Waals surface area (Å²) in [5.41, 5.74) is 1.58. The third-order valence-electron chi connectivity index (χ3n) is 5.00. The smallest absolute Gasteiger partial charge is 0.261 e. The van der Waals surface area contributed by atoms with E-state index in [9.17, 15) is 16.8 Å². The molecule has 10 heteroatoms. The van der Waals surface area contributed by atoms with Gasteiger partial charge >= 0.3 is 0 Å². The number of hydrogen-bond donors (Lipinski definition) is 1. The standard InChI is InChI=1S/C19H22N2O6S2/c1-14-2-3-16(13-19(14)29(24,25)21-7-10-26-11-8-21)20-28(22,23)17-4-5-18-15(12-17)6-9-27-18/h2-5,12-13,20H,6-11H2,1H3. The minimum Gasteiger partial charge on any atom is -0.493 e. The Balaban J connectivity index is 1.63. The first-order valence-corrected chi connectivity index (χ1v) is 12.2. The number of fused-ring (bicyclic) bond motifs is 1. The van der Waals surface area contributed by atoms with Crippen LogP contribution in [-0.4, -0.2) is 54.1 Å². The fourth-order valence-corrected chi connectivity index (χ4v) is 6.17. The van der Waals surface area contributed by atoms with Crippen LogP contribution in [0.15, 0.2) is 46.2 Å².